The van der Waals surface area contributed by atoms with Gasteiger partial charge >= 0.3 is 6.03 Å². The Bertz CT molecular complexity index is 552. The zero-order chi connectivity index (χ0) is 13.7. The highest BCUT2D eigenvalue weighted by atomic mass is 32.1. The lowest BCUT2D eigenvalue weighted by Crippen LogP contribution is -2.31. The third-order valence-corrected chi connectivity index (χ3v) is 3.13. The molecular formula is C11H14N4O3S. The normalized spacial score (nSPS) is 10.4. The van der Waals surface area contributed by atoms with Crippen molar-refractivity contribution < 1.29 is 14.1 Å². The van der Waals surface area contributed by atoms with Crippen molar-refractivity contribution in [3.8, 4) is 10.8 Å². The molecule has 0 spiro atoms. The lowest BCUT2D eigenvalue weighted by molar-refractivity contribution is 0.198. The first kappa shape index (κ1) is 13.5. The van der Waals surface area contributed by atoms with Crippen LogP contribution < -0.4 is 10.6 Å². The molecule has 7 nitrogen and oxygen atoms in total. The van der Waals surface area contributed by atoms with Crippen LogP contribution in [0.4, 0.5) is 10.5 Å². The number of nitrogens with zero attached hydrogens (tertiary/aromatic N) is 2. The summed E-state index contributed by atoms with van der Waals surface area (Å²) in [5.74, 6) is 0.957. The number of nitrogens with one attached hydrogen (secondary N) is 2. The van der Waals surface area contributed by atoms with Crippen molar-refractivity contribution in [2.45, 2.75) is 6.92 Å². The number of aromatic nitrogens is 2. The molecule has 0 fully saturated rings. The standard InChI is InChI=1S/C11H14N4O3S/c1-7-13-10(18-15-7)9-8(3-6-19-9)14-11(16)12-4-5-17-2/h3,6H,4-5H2,1-2H3,(H2,12,14,16). The van der Waals surface area contributed by atoms with Crippen molar-refractivity contribution in [1.82, 2.24) is 15.5 Å². The van der Waals surface area contributed by atoms with Crippen molar-refractivity contribution in [3.63, 3.8) is 0 Å². The SMILES string of the molecule is COCCNC(=O)Nc1ccsc1-c1nc(C)no1. The van der Waals surface area contributed by atoms with Crippen LogP contribution in [0.1, 0.15) is 5.82 Å². The summed E-state index contributed by atoms with van der Waals surface area (Å²) in [4.78, 5) is 16.5. The quantitative estimate of drug-likeness (QED) is 0.817. The second-order valence-corrected chi connectivity index (χ2v) is 4.60. The van der Waals surface area contributed by atoms with Gasteiger partial charge < -0.3 is 19.9 Å². The fourth-order valence-electron chi connectivity index (χ4n) is 1.40. The summed E-state index contributed by atoms with van der Waals surface area (Å²) in [5, 5.41) is 11.0. The summed E-state index contributed by atoms with van der Waals surface area (Å²) >= 11 is 1.42. The number of carbonyl (C=O) groups is 1. The Labute approximate surface area is 114 Å². The molecule has 2 amide bonds. The summed E-state index contributed by atoms with van der Waals surface area (Å²) in [7, 11) is 1.58. The van der Waals surface area contributed by atoms with Crippen LogP contribution in [-0.2, 0) is 4.74 Å². The number of amides is 2. The molecule has 2 aromatic heterocycles. The lowest BCUT2D eigenvalue weighted by Gasteiger charge is -2.06. The molecule has 0 saturated heterocycles. The van der Waals surface area contributed by atoms with E-state index < -0.39 is 0 Å². The Balaban J connectivity index is 2.02. The first-order valence-corrected chi connectivity index (χ1v) is 6.50. The van der Waals surface area contributed by atoms with Gasteiger partial charge in [0.2, 0.25) is 0 Å². The van der Waals surface area contributed by atoms with Gasteiger partial charge in [-0.2, -0.15) is 4.98 Å². The van der Waals surface area contributed by atoms with E-state index in [9.17, 15) is 4.79 Å². The predicted octanol–water partition coefficient (Wildman–Crippen LogP) is 1.87. The summed E-state index contributed by atoms with van der Waals surface area (Å²) in [6.07, 6.45) is 0. The molecule has 0 saturated carbocycles. The Morgan fingerprint density at radius 3 is 3.11 bits per heavy atom. The van der Waals surface area contributed by atoms with E-state index in [4.69, 9.17) is 9.26 Å². The molecule has 8 heteroatoms. The maximum Gasteiger partial charge on any atom is 0.319 e. The Morgan fingerprint density at radius 1 is 1.58 bits per heavy atom. The smallest absolute Gasteiger partial charge is 0.319 e. The fraction of sp³-hybridized carbons (Fsp3) is 0.364. The number of rotatable bonds is 5. The van der Waals surface area contributed by atoms with E-state index in [2.05, 4.69) is 20.8 Å². The monoisotopic (exact) mass is 282 g/mol. The lowest BCUT2D eigenvalue weighted by atomic mass is 10.4. The largest absolute Gasteiger partial charge is 0.383 e. The minimum Gasteiger partial charge on any atom is -0.383 e. The van der Waals surface area contributed by atoms with Crippen molar-refractivity contribution in [3.05, 3.63) is 17.3 Å². The van der Waals surface area contributed by atoms with Gasteiger partial charge in [-0.25, -0.2) is 4.79 Å². The molecule has 2 rings (SSSR count). The maximum absolute atomic E-state index is 11.6. The summed E-state index contributed by atoms with van der Waals surface area (Å²) < 4.78 is 9.94. The number of anilines is 1. The van der Waals surface area contributed by atoms with Crippen molar-refractivity contribution >= 4 is 23.1 Å². The van der Waals surface area contributed by atoms with Crippen LogP contribution >= 0.6 is 11.3 Å². The van der Waals surface area contributed by atoms with Crippen LogP contribution in [-0.4, -0.2) is 36.4 Å². The van der Waals surface area contributed by atoms with Gasteiger partial charge in [-0.15, -0.1) is 11.3 Å². The Morgan fingerprint density at radius 2 is 2.42 bits per heavy atom. The van der Waals surface area contributed by atoms with E-state index in [1.165, 1.54) is 11.3 Å². The van der Waals surface area contributed by atoms with E-state index in [0.29, 0.717) is 30.6 Å². The topological polar surface area (TPSA) is 89.3 Å². The first-order chi connectivity index (χ1) is 9.20. The molecule has 102 valence electrons. The molecule has 0 aliphatic carbocycles. The second-order valence-electron chi connectivity index (χ2n) is 3.68. The highest BCUT2D eigenvalue weighted by molar-refractivity contribution is 7.14. The molecule has 0 aromatic carbocycles. The molecule has 0 bridgehead atoms. The van der Waals surface area contributed by atoms with Crippen LogP contribution in [0.2, 0.25) is 0 Å². The molecule has 2 heterocycles. The van der Waals surface area contributed by atoms with Gasteiger partial charge in [0.25, 0.3) is 5.89 Å². The van der Waals surface area contributed by atoms with Crippen molar-refractivity contribution in [2.24, 2.45) is 0 Å². The molecule has 0 atom stereocenters. The maximum atomic E-state index is 11.6. The fourth-order valence-corrected chi connectivity index (χ4v) is 2.17. The van der Waals surface area contributed by atoms with Crippen LogP contribution in [0.3, 0.4) is 0 Å². The minimum atomic E-state index is -0.298. The average molecular weight is 282 g/mol. The Kier molecular flexibility index (Phi) is 4.48. The molecule has 0 unspecified atom stereocenters. The highest BCUT2D eigenvalue weighted by Gasteiger charge is 2.15. The Hall–Kier alpha value is -1.93. The number of methoxy groups -OCH3 is 1. The van der Waals surface area contributed by atoms with Gasteiger partial charge in [-0.05, 0) is 18.4 Å². The van der Waals surface area contributed by atoms with Gasteiger partial charge in [-0.1, -0.05) is 5.16 Å². The second kappa shape index (κ2) is 6.30. The number of ether oxygens (including phenoxy) is 1. The molecule has 2 N–H and O–H groups in total. The van der Waals surface area contributed by atoms with Gasteiger partial charge in [0.15, 0.2) is 5.82 Å². The van der Waals surface area contributed by atoms with Gasteiger partial charge in [0, 0.05) is 13.7 Å². The zero-order valence-electron chi connectivity index (χ0n) is 10.6. The minimum absolute atomic E-state index is 0.298. The molecular weight excluding hydrogens is 268 g/mol. The number of aryl methyl sites for hydroxylation is 1. The van der Waals surface area contributed by atoms with E-state index in [-0.39, 0.29) is 6.03 Å². The molecule has 0 aliphatic rings. The van der Waals surface area contributed by atoms with Crippen LogP contribution in [0.5, 0.6) is 0 Å². The van der Waals surface area contributed by atoms with Crippen molar-refractivity contribution in [2.75, 3.05) is 25.6 Å². The molecule has 0 radical (unpaired) electrons. The van der Waals surface area contributed by atoms with Crippen LogP contribution in [0, 0.1) is 6.92 Å². The molecule has 2 aromatic rings. The first-order valence-electron chi connectivity index (χ1n) is 5.62. The third kappa shape index (κ3) is 3.52. The number of hydrogen-bond acceptors (Lipinski definition) is 6. The number of carbonyl (C=O) groups excluding carboxylic acids is 1. The zero-order valence-corrected chi connectivity index (χ0v) is 11.4. The van der Waals surface area contributed by atoms with Crippen LogP contribution in [0.15, 0.2) is 16.0 Å². The number of hydrogen-bond donors (Lipinski definition) is 2. The summed E-state index contributed by atoms with van der Waals surface area (Å²) in [6.45, 7) is 2.65. The van der Waals surface area contributed by atoms with Crippen molar-refractivity contribution in [1.29, 1.82) is 0 Å². The van der Waals surface area contributed by atoms with E-state index >= 15 is 0 Å². The summed E-state index contributed by atoms with van der Waals surface area (Å²) in [6, 6.07) is 1.49. The van der Waals surface area contributed by atoms with Gasteiger partial charge in [-0.3, -0.25) is 0 Å². The molecule has 19 heavy (non-hydrogen) atoms. The van der Waals surface area contributed by atoms with Crippen LogP contribution in [0.25, 0.3) is 10.8 Å². The number of urea groups is 1. The third-order valence-electron chi connectivity index (χ3n) is 2.23. The molecule has 0 aliphatic heterocycles. The van der Waals surface area contributed by atoms with E-state index in [0.717, 1.165) is 4.88 Å². The number of thiophene rings is 1. The van der Waals surface area contributed by atoms with Gasteiger partial charge in [0.05, 0.1) is 12.3 Å². The summed E-state index contributed by atoms with van der Waals surface area (Å²) in [5.41, 5.74) is 0.642. The van der Waals surface area contributed by atoms with Gasteiger partial charge in [0.1, 0.15) is 4.88 Å². The van der Waals surface area contributed by atoms with E-state index in [1.54, 1.807) is 20.1 Å². The van der Waals surface area contributed by atoms with E-state index in [1.807, 2.05) is 5.38 Å². The highest BCUT2D eigenvalue weighted by Crippen LogP contribution is 2.32. The predicted molar refractivity (Wildman–Crippen MR) is 71.2 cm³/mol. The average Bonchev–Trinajstić information content (AvgIpc) is 2.98.